The van der Waals surface area contributed by atoms with E-state index in [1.165, 1.54) is 6.92 Å². The van der Waals surface area contributed by atoms with Gasteiger partial charge in [0.1, 0.15) is 85.4 Å². The third kappa shape index (κ3) is 10.7. The van der Waals surface area contributed by atoms with E-state index in [9.17, 15) is 76.0 Å². The van der Waals surface area contributed by atoms with Crippen molar-refractivity contribution in [3.8, 4) is 0 Å². The quantitative estimate of drug-likeness (QED) is 0.0641. The topological polar surface area (TPSA) is 383 Å². The van der Waals surface area contributed by atoms with Crippen LogP contribution >= 0.6 is 16.8 Å². The number of hydrogen-bond donors (Lipinski definition) is 14. The highest BCUT2D eigenvalue weighted by Crippen LogP contribution is 2.45. The Kier molecular flexibility index (Phi) is 17.7. The minimum Gasteiger partial charge on any atom is -0.477 e. The molecule has 0 aromatic heterocycles. The van der Waals surface area contributed by atoms with Gasteiger partial charge in [-0.25, -0.2) is 4.79 Å². The van der Waals surface area contributed by atoms with Gasteiger partial charge in [0.15, 0.2) is 18.9 Å². The number of carboxylic acids is 1. The third-order valence-electron chi connectivity index (χ3n) is 10.2. The van der Waals surface area contributed by atoms with E-state index < -0.39 is 181 Å². The Morgan fingerprint density at radius 1 is 0.807 bits per heavy atom. The van der Waals surface area contributed by atoms with E-state index in [1.54, 1.807) is 6.66 Å². The number of ether oxygens (including phenoxy) is 7. The van der Waals surface area contributed by atoms with Crippen LogP contribution in [0.25, 0.3) is 0 Å². The Morgan fingerprint density at radius 2 is 1.37 bits per heavy atom. The average molecular weight is 872 g/mol. The van der Waals surface area contributed by atoms with Crippen molar-refractivity contribution in [1.82, 2.24) is 5.32 Å². The van der Waals surface area contributed by atoms with Crippen LogP contribution in [0.3, 0.4) is 0 Å². The molecule has 4 aliphatic rings. The van der Waals surface area contributed by atoms with E-state index in [1.807, 2.05) is 0 Å². The van der Waals surface area contributed by atoms with Gasteiger partial charge in [0.2, 0.25) is 5.91 Å². The van der Waals surface area contributed by atoms with E-state index in [0.717, 1.165) is 6.92 Å². The lowest BCUT2D eigenvalue weighted by molar-refractivity contribution is -0.388. The molecule has 0 saturated carbocycles. The van der Waals surface area contributed by atoms with Gasteiger partial charge < -0.3 is 109 Å². The maximum absolute atomic E-state index is 12.7. The van der Waals surface area contributed by atoms with Crippen LogP contribution in [0.15, 0.2) is 0 Å². The largest absolute Gasteiger partial charge is 0.477 e. The Morgan fingerprint density at radius 3 is 1.91 bits per heavy atom. The Balaban J connectivity index is 1.62. The van der Waals surface area contributed by atoms with Crippen LogP contribution in [0.4, 0.5) is 0 Å². The van der Waals surface area contributed by atoms with Crippen molar-refractivity contribution >= 4 is 28.6 Å². The molecule has 0 bridgehead atoms. The summed E-state index contributed by atoms with van der Waals surface area (Å²) in [5.41, 5.74) is 0. The summed E-state index contributed by atoms with van der Waals surface area (Å²) in [6.07, 6.45) is -32.9. The molecule has 0 spiro atoms. The van der Waals surface area contributed by atoms with Crippen molar-refractivity contribution in [2.75, 3.05) is 33.1 Å². The second kappa shape index (κ2) is 20.7. The number of amides is 1. The zero-order chi connectivity index (χ0) is 42.7. The summed E-state index contributed by atoms with van der Waals surface area (Å²) in [5.74, 6) is -6.65. The van der Waals surface area contributed by atoms with Crippen molar-refractivity contribution < 1.29 is 114 Å². The van der Waals surface area contributed by atoms with Crippen molar-refractivity contribution in [2.45, 2.75) is 143 Å². The first-order chi connectivity index (χ1) is 26.7. The maximum atomic E-state index is 12.7. The van der Waals surface area contributed by atoms with Gasteiger partial charge in [-0.15, -0.1) is 0 Å². The van der Waals surface area contributed by atoms with Gasteiger partial charge in [-0.1, -0.05) is 15.9 Å². The molecule has 1 amide bonds. The maximum Gasteiger partial charge on any atom is 0.364 e. The molecule has 9 unspecified atom stereocenters. The number of carboxylic acid groups (broad SMARTS) is 1. The predicted molar refractivity (Wildman–Crippen MR) is 187 cm³/mol. The molecule has 0 aliphatic carbocycles. The van der Waals surface area contributed by atoms with Gasteiger partial charge in [-0.2, -0.15) is 0 Å². The number of hydrogen-bond acceptors (Lipinski definition) is 22. The van der Waals surface area contributed by atoms with E-state index in [4.69, 9.17) is 37.7 Å². The SMILES string of the molecule is CC(=O)N[C@@H]1C(O[C@H]2C(OP(C)P)OC(CO)[C@@H](O)[C@@H]2O)OC(CO)[C@@H](OC2OC(CO)[C@H](O)[C@H](O[C@]3(C(=O)O)C[C@@H](O)[C@@H](C)C([C@H](O)[C@H](O)CO)O3)[C@@H]2O)[C@@H]1O. The van der Waals surface area contributed by atoms with Crippen molar-refractivity contribution in [3.63, 3.8) is 0 Å². The molecule has 4 aliphatic heterocycles. The number of aliphatic hydroxyl groups is 12. The van der Waals surface area contributed by atoms with Crippen molar-refractivity contribution in [1.29, 1.82) is 0 Å². The summed E-state index contributed by atoms with van der Waals surface area (Å²) in [6.45, 7) is 0.438. The normalized spacial score (nSPS) is 45.8. The van der Waals surface area contributed by atoms with Crippen LogP contribution in [-0.2, 0) is 47.3 Å². The molecule has 26 heteroatoms. The Labute approximate surface area is 329 Å². The average Bonchev–Trinajstić information content (AvgIpc) is 3.16. The van der Waals surface area contributed by atoms with Gasteiger partial charge >= 0.3 is 5.97 Å². The highest BCUT2D eigenvalue weighted by Gasteiger charge is 2.60. The van der Waals surface area contributed by atoms with Crippen LogP contribution in [0, 0.1) is 5.92 Å². The molecule has 0 radical (unpaired) electrons. The number of carbonyl (C=O) groups is 2. The van der Waals surface area contributed by atoms with Crippen LogP contribution < -0.4 is 5.32 Å². The fourth-order valence-corrected chi connectivity index (χ4v) is 7.91. The molecule has 4 saturated heterocycles. The lowest BCUT2D eigenvalue weighted by Crippen LogP contribution is -2.70. The van der Waals surface area contributed by atoms with E-state index in [0.29, 0.717) is 0 Å². The van der Waals surface area contributed by atoms with Crippen molar-refractivity contribution in [2.24, 2.45) is 5.92 Å². The zero-order valence-electron chi connectivity index (χ0n) is 31.0. The number of carbonyl (C=O) groups excluding carboxylic acids is 1. The highest BCUT2D eigenvalue weighted by atomic mass is 32.0. The van der Waals surface area contributed by atoms with E-state index >= 15 is 0 Å². The van der Waals surface area contributed by atoms with Crippen molar-refractivity contribution in [3.05, 3.63) is 0 Å². The van der Waals surface area contributed by atoms with Crippen LogP contribution in [0.2, 0.25) is 0 Å². The summed E-state index contributed by atoms with van der Waals surface area (Å²) < 4.78 is 45.8. The molecule has 57 heavy (non-hydrogen) atoms. The first-order valence-electron chi connectivity index (χ1n) is 17.9. The summed E-state index contributed by atoms with van der Waals surface area (Å²) in [5, 5.41) is 139. The van der Waals surface area contributed by atoms with Gasteiger partial charge in [-0.3, -0.25) is 4.79 Å². The smallest absolute Gasteiger partial charge is 0.364 e. The van der Waals surface area contributed by atoms with E-state index in [-0.39, 0.29) is 0 Å². The van der Waals surface area contributed by atoms with Crippen LogP contribution in [-0.4, -0.2) is 234 Å². The van der Waals surface area contributed by atoms with Gasteiger partial charge in [0.25, 0.3) is 5.79 Å². The minimum atomic E-state index is -2.95. The lowest BCUT2D eigenvalue weighted by Gasteiger charge is -2.51. The molecule has 332 valence electrons. The summed E-state index contributed by atoms with van der Waals surface area (Å²) >= 11 is 0. The third-order valence-corrected chi connectivity index (χ3v) is 11.1. The molecule has 23 atom stereocenters. The van der Waals surface area contributed by atoms with Crippen LogP contribution in [0.5, 0.6) is 0 Å². The van der Waals surface area contributed by atoms with Gasteiger partial charge in [0, 0.05) is 27.1 Å². The minimum absolute atomic E-state index is 0.707. The second-order valence-electron chi connectivity index (χ2n) is 14.3. The second-order valence-corrected chi connectivity index (χ2v) is 17.8. The number of nitrogens with one attached hydrogen (secondary N) is 1. The molecule has 14 N–H and O–H groups in total. The standard InChI is InChI=1S/C31H55NO23P2/c1-9-11(38)4-31(30(46)47,53-23(9)17(40)12(39)5-33)54-25-19(42)14(7-35)48-28(22(25)45)51-24-15(8-36)50-27(16(20(24)43)32-10(2)37)52-26-21(44)18(41)13(6-34)49-29(26)55-57(3)56/h9,11-29,33-36,38-45H,4-8,56H2,1-3H3,(H,32,37)(H,46,47)/t9-,11-,12-,13?,14?,15?,16+,17-,18-,19+,20-,21+,22+,23?,24-,25+,26-,27?,28?,29?,31+,57?/m1/s1. The molecule has 24 nitrogen and oxygen atoms in total. The fourth-order valence-electron chi connectivity index (χ4n) is 7.05. The first-order valence-corrected chi connectivity index (χ1v) is 21.2. The monoisotopic (exact) mass is 871 g/mol. The zero-order valence-corrected chi connectivity index (χ0v) is 33.1. The predicted octanol–water partition coefficient (Wildman–Crippen LogP) is -7.28. The fraction of sp³-hybridized carbons (Fsp3) is 0.935. The Bertz CT molecular complexity index is 1310. The van der Waals surface area contributed by atoms with Crippen LogP contribution in [0.1, 0.15) is 20.3 Å². The molecular formula is C31H55NO23P2. The summed E-state index contributed by atoms with van der Waals surface area (Å²) in [7, 11) is 1.08. The molecule has 4 rings (SSSR count). The molecule has 0 aromatic carbocycles. The highest BCUT2D eigenvalue weighted by molar-refractivity contribution is 8.10. The van der Waals surface area contributed by atoms with Gasteiger partial charge in [-0.05, 0) is 6.66 Å². The number of aliphatic carboxylic acids is 1. The Hall–Kier alpha value is -1.00. The summed E-state index contributed by atoms with van der Waals surface area (Å²) in [6, 6.07) is -1.62. The first kappa shape index (κ1) is 48.7. The molecule has 4 heterocycles. The number of aliphatic hydroxyl groups excluding tert-OH is 12. The molecular weight excluding hydrogens is 816 g/mol. The lowest BCUT2D eigenvalue weighted by atomic mass is 9.84. The number of rotatable bonds is 16. The molecule has 0 aromatic rings. The summed E-state index contributed by atoms with van der Waals surface area (Å²) in [4.78, 5) is 25.1. The van der Waals surface area contributed by atoms with Gasteiger partial charge in [0.05, 0.1) is 38.6 Å². The van der Waals surface area contributed by atoms with E-state index in [2.05, 4.69) is 14.2 Å². The molecule has 4 fully saturated rings.